The Bertz CT molecular complexity index is 1540. The SMILES string of the molecule is Cc1ccc(/C=N/N(C(=O)c2ccc(S(=O)(=O)N3CCCC3)cc2)c2nc3ccc(C)cc3s2)cc1. The van der Waals surface area contributed by atoms with Crippen molar-refractivity contribution in [3.63, 3.8) is 0 Å². The first-order chi connectivity index (χ1) is 17.3. The topological polar surface area (TPSA) is 82.9 Å². The highest BCUT2D eigenvalue weighted by atomic mass is 32.2. The van der Waals surface area contributed by atoms with E-state index in [1.54, 1.807) is 6.21 Å². The Hall–Kier alpha value is -3.40. The molecule has 0 aliphatic carbocycles. The molecule has 184 valence electrons. The second-order valence-electron chi connectivity index (χ2n) is 8.88. The molecule has 1 aliphatic heterocycles. The van der Waals surface area contributed by atoms with Crippen LogP contribution >= 0.6 is 11.3 Å². The Morgan fingerprint density at radius 1 is 0.972 bits per heavy atom. The highest BCUT2D eigenvalue weighted by Crippen LogP contribution is 2.31. The smallest absolute Gasteiger partial charge is 0.267 e. The molecule has 4 aromatic rings. The van der Waals surface area contributed by atoms with Gasteiger partial charge in [0.05, 0.1) is 21.3 Å². The Labute approximate surface area is 214 Å². The molecule has 1 saturated heterocycles. The van der Waals surface area contributed by atoms with E-state index in [0.29, 0.717) is 23.8 Å². The maximum absolute atomic E-state index is 13.6. The van der Waals surface area contributed by atoms with Gasteiger partial charge in [-0.3, -0.25) is 4.79 Å². The van der Waals surface area contributed by atoms with Crippen LogP contribution in [0.15, 0.2) is 76.7 Å². The van der Waals surface area contributed by atoms with E-state index in [1.165, 1.54) is 44.9 Å². The zero-order valence-electron chi connectivity index (χ0n) is 20.1. The van der Waals surface area contributed by atoms with Gasteiger partial charge in [0.15, 0.2) is 0 Å². The lowest BCUT2D eigenvalue weighted by atomic mass is 10.2. The summed E-state index contributed by atoms with van der Waals surface area (Å²) in [6.45, 7) is 5.08. The van der Waals surface area contributed by atoms with Crippen molar-refractivity contribution < 1.29 is 13.2 Å². The van der Waals surface area contributed by atoms with Crippen molar-refractivity contribution in [2.45, 2.75) is 31.6 Å². The molecule has 1 aliphatic rings. The van der Waals surface area contributed by atoms with Gasteiger partial charge >= 0.3 is 0 Å². The van der Waals surface area contributed by atoms with Crippen molar-refractivity contribution in [2.24, 2.45) is 5.10 Å². The van der Waals surface area contributed by atoms with Crippen molar-refractivity contribution in [1.82, 2.24) is 9.29 Å². The quantitative estimate of drug-likeness (QED) is 0.254. The molecule has 0 spiro atoms. The van der Waals surface area contributed by atoms with Crippen molar-refractivity contribution in [1.29, 1.82) is 0 Å². The number of hydrazone groups is 1. The lowest BCUT2D eigenvalue weighted by Gasteiger charge is -2.16. The van der Waals surface area contributed by atoms with Crippen LogP contribution in [0.25, 0.3) is 10.2 Å². The van der Waals surface area contributed by atoms with Crippen molar-refractivity contribution in [3.8, 4) is 0 Å². The van der Waals surface area contributed by atoms with Gasteiger partial charge in [0, 0.05) is 18.7 Å². The molecule has 1 amide bonds. The highest BCUT2D eigenvalue weighted by Gasteiger charge is 2.28. The van der Waals surface area contributed by atoms with Crippen LogP contribution in [0.5, 0.6) is 0 Å². The molecule has 5 rings (SSSR count). The summed E-state index contributed by atoms with van der Waals surface area (Å²) >= 11 is 1.38. The molecule has 0 radical (unpaired) electrons. The van der Waals surface area contributed by atoms with Crippen LogP contribution in [0, 0.1) is 13.8 Å². The molecular weight excluding hydrogens is 492 g/mol. The van der Waals surface area contributed by atoms with Gasteiger partial charge in [0.2, 0.25) is 15.2 Å². The summed E-state index contributed by atoms with van der Waals surface area (Å²) < 4.78 is 28.2. The number of amides is 1. The molecule has 2 heterocycles. The van der Waals surface area contributed by atoms with E-state index >= 15 is 0 Å². The number of anilines is 1. The van der Waals surface area contributed by atoms with Crippen LogP contribution in [0.2, 0.25) is 0 Å². The number of sulfonamides is 1. The average molecular weight is 519 g/mol. The Morgan fingerprint density at radius 2 is 1.64 bits per heavy atom. The molecule has 0 bridgehead atoms. The summed E-state index contributed by atoms with van der Waals surface area (Å²) in [5.41, 5.74) is 4.20. The molecule has 1 fully saturated rings. The van der Waals surface area contributed by atoms with E-state index in [4.69, 9.17) is 0 Å². The number of carbonyl (C=O) groups excluding carboxylic acids is 1. The van der Waals surface area contributed by atoms with Gasteiger partial charge in [-0.15, -0.1) is 0 Å². The number of thiazole rings is 1. The predicted molar refractivity (Wildman–Crippen MR) is 144 cm³/mol. The average Bonchev–Trinajstić information content (AvgIpc) is 3.56. The minimum Gasteiger partial charge on any atom is -0.267 e. The number of rotatable bonds is 6. The lowest BCUT2D eigenvalue weighted by Crippen LogP contribution is -2.28. The summed E-state index contributed by atoms with van der Waals surface area (Å²) in [5.74, 6) is -0.390. The zero-order valence-corrected chi connectivity index (χ0v) is 21.7. The van der Waals surface area contributed by atoms with Gasteiger partial charge in [-0.05, 0) is 74.2 Å². The second-order valence-corrected chi connectivity index (χ2v) is 11.8. The first kappa shape index (κ1) is 24.3. The summed E-state index contributed by atoms with van der Waals surface area (Å²) in [6.07, 6.45) is 3.36. The van der Waals surface area contributed by atoms with Gasteiger partial charge < -0.3 is 0 Å². The zero-order chi connectivity index (χ0) is 25.3. The third-order valence-corrected chi connectivity index (χ3v) is 9.02. The maximum Gasteiger partial charge on any atom is 0.280 e. The molecule has 36 heavy (non-hydrogen) atoms. The van der Waals surface area contributed by atoms with Gasteiger partial charge in [0.25, 0.3) is 5.91 Å². The predicted octanol–water partition coefficient (Wildman–Crippen LogP) is 5.38. The molecule has 1 aromatic heterocycles. The first-order valence-electron chi connectivity index (χ1n) is 11.7. The summed E-state index contributed by atoms with van der Waals surface area (Å²) in [7, 11) is -3.56. The van der Waals surface area contributed by atoms with Crippen LogP contribution in [0.1, 0.15) is 39.9 Å². The number of fused-ring (bicyclic) bond motifs is 1. The Balaban J connectivity index is 1.49. The largest absolute Gasteiger partial charge is 0.280 e. The monoisotopic (exact) mass is 518 g/mol. The van der Waals surface area contributed by atoms with Crippen LogP contribution in [0.3, 0.4) is 0 Å². The summed E-state index contributed by atoms with van der Waals surface area (Å²) in [4.78, 5) is 18.4. The Morgan fingerprint density at radius 3 is 2.33 bits per heavy atom. The molecule has 3 aromatic carbocycles. The fraction of sp³-hybridized carbons (Fsp3) is 0.222. The highest BCUT2D eigenvalue weighted by molar-refractivity contribution is 7.89. The van der Waals surface area contributed by atoms with Gasteiger partial charge in [0.1, 0.15) is 0 Å². The van der Waals surface area contributed by atoms with Crippen LogP contribution in [-0.4, -0.2) is 42.9 Å². The van der Waals surface area contributed by atoms with Gasteiger partial charge in [-0.25, -0.2) is 13.4 Å². The number of benzene rings is 3. The van der Waals surface area contributed by atoms with Crippen molar-refractivity contribution in [3.05, 3.63) is 89.0 Å². The third-order valence-electron chi connectivity index (χ3n) is 6.11. The van der Waals surface area contributed by atoms with Gasteiger partial charge in [-0.1, -0.05) is 47.2 Å². The van der Waals surface area contributed by atoms with E-state index in [1.807, 2.05) is 56.3 Å². The molecular formula is C27H26N4O3S2. The van der Waals surface area contributed by atoms with Crippen LogP contribution in [0.4, 0.5) is 5.13 Å². The molecule has 0 N–H and O–H groups in total. The summed E-state index contributed by atoms with van der Waals surface area (Å²) in [5, 5.41) is 6.23. The first-order valence-corrected chi connectivity index (χ1v) is 14.0. The number of carbonyl (C=O) groups is 1. The van der Waals surface area contributed by atoms with Crippen molar-refractivity contribution in [2.75, 3.05) is 18.1 Å². The third kappa shape index (κ3) is 4.95. The molecule has 0 unspecified atom stereocenters. The van der Waals surface area contributed by atoms with E-state index in [2.05, 4.69) is 10.1 Å². The Kier molecular flexibility index (Phi) is 6.70. The second kappa shape index (κ2) is 9.93. The number of aromatic nitrogens is 1. The molecule has 7 nitrogen and oxygen atoms in total. The van der Waals surface area contributed by atoms with E-state index in [-0.39, 0.29) is 10.8 Å². The lowest BCUT2D eigenvalue weighted by molar-refractivity contribution is 0.0987. The maximum atomic E-state index is 13.6. The summed E-state index contributed by atoms with van der Waals surface area (Å²) in [6, 6.07) is 19.8. The van der Waals surface area contributed by atoms with Crippen LogP contribution < -0.4 is 5.01 Å². The van der Waals surface area contributed by atoms with Crippen LogP contribution in [-0.2, 0) is 10.0 Å². The number of hydrogen-bond donors (Lipinski definition) is 0. The van der Waals surface area contributed by atoms with Gasteiger partial charge in [-0.2, -0.15) is 14.4 Å². The number of aryl methyl sites for hydroxylation is 2. The number of hydrogen-bond acceptors (Lipinski definition) is 6. The molecule has 0 atom stereocenters. The fourth-order valence-electron chi connectivity index (χ4n) is 4.05. The van der Waals surface area contributed by atoms with E-state index in [0.717, 1.165) is 39.7 Å². The normalized spacial score (nSPS) is 14.6. The standard InChI is InChI=1S/C27H26N4O3S2/c1-19-5-8-21(9-6-19)18-28-31(27-29-24-14-7-20(2)17-25(24)35-27)26(32)22-10-12-23(13-11-22)36(33,34)30-15-3-4-16-30/h5-14,17-18H,3-4,15-16H2,1-2H3/b28-18+. The van der Waals surface area contributed by atoms with Crippen molar-refractivity contribution >= 4 is 48.8 Å². The molecule has 9 heteroatoms. The van der Waals surface area contributed by atoms with E-state index in [9.17, 15) is 13.2 Å². The molecule has 0 saturated carbocycles. The fourth-order valence-corrected chi connectivity index (χ4v) is 6.58. The number of nitrogens with zero attached hydrogens (tertiary/aromatic N) is 4. The minimum atomic E-state index is -3.56. The minimum absolute atomic E-state index is 0.186. The van der Waals surface area contributed by atoms with E-state index < -0.39 is 10.0 Å².